The normalized spacial score (nSPS) is 14.1. The molecule has 0 bridgehead atoms. The van der Waals surface area contributed by atoms with E-state index in [-0.39, 0.29) is 12.2 Å². The maximum atomic E-state index is 12.1. The van der Waals surface area contributed by atoms with Crippen molar-refractivity contribution in [3.05, 3.63) is 35.4 Å². The van der Waals surface area contributed by atoms with Crippen LogP contribution in [0.3, 0.4) is 0 Å². The van der Waals surface area contributed by atoms with Gasteiger partial charge in [0.2, 0.25) is 0 Å². The lowest BCUT2D eigenvalue weighted by atomic mass is 10.1. The molecule has 1 aromatic rings. The third-order valence-electron chi connectivity index (χ3n) is 1.76. The third kappa shape index (κ3) is 2.46. The van der Waals surface area contributed by atoms with E-state index >= 15 is 0 Å². The highest BCUT2D eigenvalue weighted by atomic mass is 19.4. The van der Waals surface area contributed by atoms with Crippen molar-refractivity contribution in [1.29, 1.82) is 0 Å². The summed E-state index contributed by atoms with van der Waals surface area (Å²) in [5.41, 5.74) is 0.0786. The zero-order valence-corrected chi connectivity index (χ0v) is 7.12. The molecule has 0 aliphatic carbocycles. The van der Waals surface area contributed by atoms with Crippen LogP contribution in [0, 0.1) is 0 Å². The van der Waals surface area contributed by atoms with Crippen molar-refractivity contribution < 1.29 is 23.4 Å². The SMILES string of the molecule is OCc1cccc(C(O)C(F)(F)F)c1. The van der Waals surface area contributed by atoms with Gasteiger partial charge >= 0.3 is 6.18 Å². The molecule has 2 nitrogen and oxygen atoms in total. The van der Waals surface area contributed by atoms with Crippen LogP contribution in [0.5, 0.6) is 0 Å². The van der Waals surface area contributed by atoms with Gasteiger partial charge in [-0.05, 0) is 11.1 Å². The second kappa shape index (κ2) is 3.98. The zero-order chi connectivity index (χ0) is 10.8. The summed E-state index contributed by atoms with van der Waals surface area (Å²) in [6.07, 6.45) is -7.16. The molecular weight excluding hydrogens is 197 g/mol. The molecule has 1 aromatic carbocycles. The molecule has 0 aliphatic heterocycles. The Morgan fingerprint density at radius 2 is 1.93 bits per heavy atom. The summed E-state index contributed by atoms with van der Waals surface area (Å²) >= 11 is 0. The number of alkyl halides is 3. The lowest BCUT2D eigenvalue weighted by Crippen LogP contribution is -2.20. The minimum absolute atomic E-state index is 0.260. The fraction of sp³-hybridized carbons (Fsp3) is 0.333. The molecule has 78 valence electrons. The van der Waals surface area contributed by atoms with Gasteiger partial charge in [-0.1, -0.05) is 24.3 Å². The number of aliphatic hydroxyl groups excluding tert-OH is 2. The number of aliphatic hydroxyl groups is 2. The smallest absolute Gasteiger partial charge is 0.392 e. The Bertz CT molecular complexity index is 309. The molecule has 0 fully saturated rings. The molecule has 1 rings (SSSR count). The molecule has 0 amide bonds. The maximum Gasteiger partial charge on any atom is 0.418 e. The van der Waals surface area contributed by atoms with Crippen LogP contribution < -0.4 is 0 Å². The van der Waals surface area contributed by atoms with Gasteiger partial charge in [0.25, 0.3) is 0 Å². The van der Waals surface area contributed by atoms with Gasteiger partial charge in [0.05, 0.1) is 6.61 Å². The number of benzene rings is 1. The van der Waals surface area contributed by atoms with Crippen LogP contribution in [0.1, 0.15) is 17.2 Å². The van der Waals surface area contributed by atoms with Crippen molar-refractivity contribution in [1.82, 2.24) is 0 Å². The van der Waals surface area contributed by atoms with Gasteiger partial charge in [-0.2, -0.15) is 13.2 Å². The molecule has 0 saturated carbocycles. The third-order valence-corrected chi connectivity index (χ3v) is 1.76. The van der Waals surface area contributed by atoms with Crippen molar-refractivity contribution in [2.75, 3.05) is 0 Å². The first kappa shape index (κ1) is 11.0. The van der Waals surface area contributed by atoms with Gasteiger partial charge in [-0.25, -0.2) is 0 Å². The first-order valence-electron chi connectivity index (χ1n) is 3.89. The van der Waals surface area contributed by atoms with Crippen LogP contribution in [0.4, 0.5) is 13.2 Å². The molecule has 2 N–H and O–H groups in total. The number of hydrogen-bond donors (Lipinski definition) is 2. The van der Waals surface area contributed by atoms with Gasteiger partial charge in [-0.3, -0.25) is 0 Å². The summed E-state index contributed by atoms with van der Waals surface area (Å²) in [5.74, 6) is 0. The minimum atomic E-state index is -4.67. The molecule has 14 heavy (non-hydrogen) atoms. The van der Waals surface area contributed by atoms with Crippen LogP contribution >= 0.6 is 0 Å². The number of rotatable bonds is 2. The van der Waals surface area contributed by atoms with E-state index in [4.69, 9.17) is 10.2 Å². The fourth-order valence-corrected chi connectivity index (χ4v) is 1.05. The summed E-state index contributed by atoms with van der Waals surface area (Å²) in [7, 11) is 0. The van der Waals surface area contributed by atoms with E-state index in [0.29, 0.717) is 5.56 Å². The van der Waals surface area contributed by atoms with E-state index in [2.05, 4.69) is 0 Å². The predicted molar refractivity (Wildman–Crippen MR) is 43.4 cm³/mol. The highest BCUT2D eigenvalue weighted by Crippen LogP contribution is 2.32. The molecule has 0 radical (unpaired) electrons. The average molecular weight is 206 g/mol. The van der Waals surface area contributed by atoms with Gasteiger partial charge < -0.3 is 10.2 Å². The van der Waals surface area contributed by atoms with E-state index in [1.54, 1.807) is 0 Å². The minimum Gasteiger partial charge on any atom is -0.392 e. The van der Waals surface area contributed by atoms with E-state index in [1.807, 2.05) is 0 Å². The van der Waals surface area contributed by atoms with E-state index < -0.39 is 12.3 Å². The molecule has 0 heterocycles. The van der Waals surface area contributed by atoms with Gasteiger partial charge in [0.1, 0.15) is 0 Å². The van der Waals surface area contributed by atoms with Gasteiger partial charge in [0.15, 0.2) is 6.10 Å². The fourth-order valence-electron chi connectivity index (χ4n) is 1.05. The second-order valence-electron chi connectivity index (χ2n) is 2.85. The lowest BCUT2D eigenvalue weighted by molar-refractivity contribution is -0.206. The summed E-state index contributed by atoms with van der Waals surface area (Å²) in [4.78, 5) is 0. The summed E-state index contributed by atoms with van der Waals surface area (Å²) in [6, 6.07) is 5.12. The van der Waals surface area contributed by atoms with Crippen molar-refractivity contribution in [2.24, 2.45) is 0 Å². The van der Waals surface area contributed by atoms with Gasteiger partial charge in [-0.15, -0.1) is 0 Å². The van der Waals surface area contributed by atoms with Crippen molar-refractivity contribution >= 4 is 0 Å². The van der Waals surface area contributed by atoms with Crippen molar-refractivity contribution in [2.45, 2.75) is 18.9 Å². The van der Waals surface area contributed by atoms with Crippen LogP contribution in [0.15, 0.2) is 24.3 Å². The average Bonchev–Trinajstić information content (AvgIpc) is 2.15. The van der Waals surface area contributed by atoms with E-state index in [0.717, 1.165) is 12.1 Å². The quantitative estimate of drug-likeness (QED) is 0.774. The summed E-state index contributed by atoms with van der Waals surface area (Å²) < 4.78 is 36.2. The van der Waals surface area contributed by atoms with Crippen LogP contribution in [0.25, 0.3) is 0 Å². The van der Waals surface area contributed by atoms with Crippen molar-refractivity contribution in [3.63, 3.8) is 0 Å². The summed E-state index contributed by atoms with van der Waals surface area (Å²) in [6.45, 7) is -0.349. The monoisotopic (exact) mass is 206 g/mol. The highest BCUT2D eigenvalue weighted by molar-refractivity contribution is 5.25. The Morgan fingerprint density at radius 1 is 1.29 bits per heavy atom. The Labute approximate surface area is 78.6 Å². The van der Waals surface area contributed by atoms with Crippen LogP contribution in [-0.2, 0) is 6.61 Å². The lowest BCUT2D eigenvalue weighted by Gasteiger charge is -2.15. The standard InChI is InChI=1S/C9H9F3O2/c10-9(11,12)8(14)7-3-1-2-6(4-7)5-13/h1-4,8,13-14H,5H2. The van der Waals surface area contributed by atoms with E-state index in [9.17, 15) is 13.2 Å². The Balaban J connectivity index is 2.95. The molecule has 0 saturated heterocycles. The molecule has 1 unspecified atom stereocenters. The van der Waals surface area contributed by atoms with Gasteiger partial charge in [0, 0.05) is 0 Å². The van der Waals surface area contributed by atoms with Crippen LogP contribution in [0.2, 0.25) is 0 Å². The van der Waals surface area contributed by atoms with E-state index in [1.165, 1.54) is 12.1 Å². The Morgan fingerprint density at radius 3 is 2.43 bits per heavy atom. The zero-order valence-electron chi connectivity index (χ0n) is 7.12. The van der Waals surface area contributed by atoms with Crippen LogP contribution in [-0.4, -0.2) is 16.4 Å². The molecular formula is C9H9F3O2. The first-order valence-corrected chi connectivity index (χ1v) is 3.89. The molecule has 5 heteroatoms. The number of hydrogen-bond acceptors (Lipinski definition) is 2. The topological polar surface area (TPSA) is 40.5 Å². The number of halogens is 3. The second-order valence-corrected chi connectivity index (χ2v) is 2.85. The largest absolute Gasteiger partial charge is 0.418 e. The summed E-state index contributed by atoms with van der Waals surface area (Å²) in [5, 5.41) is 17.6. The molecule has 0 aromatic heterocycles. The Kier molecular flexibility index (Phi) is 3.13. The first-order chi connectivity index (χ1) is 6.45. The molecule has 0 aliphatic rings. The Hall–Kier alpha value is -1.07. The van der Waals surface area contributed by atoms with Crippen molar-refractivity contribution in [3.8, 4) is 0 Å². The maximum absolute atomic E-state index is 12.1. The molecule has 0 spiro atoms. The highest BCUT2D eigenvalue weighted by Gasteiger charge is 2.39. The molecule has 1 atom stereocenters. The predicted octanol–water partition coefficient (Wildman–Crippen LogP) is 1.77.